The molecule has 72 valence electrons. The van der Waals surface area contributed by atoms with Gasteiger partial charge in [0.05, 0.1) is 0 Å². The molecule has 0 atom stereocenters. The summed E-state index contributed by atoms with van der Waals surface area (Å²) in [4.78, 5) is 12.0. The van der Waals surface area contributed by atoms with Crippen molar-refractivity contribution in [2.75, 3.05) is 13.1 Å². The maximum atomic E-state index is 10.3. The van der Waals surface area contributed by atoms with Gasteiger partial charge in [-0.3, -0.25) is 10.7 Å². The SMILES string of the molecule is CCN(CC)C(=N)NC(N)=O.Cl. The Morgan fingerprint density at radius 3 is 2.17 bits per heavy atom. The van der Waals surface area contributed by atoms with Crippen LogP contribution in [0, 0.1) is 5.41 Å². The number of guanidine groups is 1. The van der Waals surface area contributed by atoms with Gasteiger partial charge in [-0.1, -0.05) is 0 Å². The Hall–Kier alpha value is -0.970. The number of carbonyl (C=O) groups excluding carboxylic acids is 1. The maximum Gasteiger partial charge on any atom is 0.318 e. The first-order valence-electron chi connectivity index (χ1n) is 3.51. The summed E-state index contributed by atoms with van der Waals surface area (Å²) in [5, 5.41) is 9.48. The molecule has 0 aliphatic rings. The molecule has 6 heteroatoms. The molecule has 0 spiro atoms. The molecule has 0 saturated heterocycles. The second-order valence-corrected chi connectivity index (χ2v) is 2.01. The number of hydrogen-bond acceptors (Lipinski definition) is 2. The fourth-order valence-corrected chi connectivity index (χ4v) is 0.736. The van der Waals surface area contributed by atoms with E-state index in [0.29, 0.717) is 13.1 Å². The summed E-state index contributed by atoms with van der Waals surface area (Å²) in [5.74, 6) is 0.0579. The van der Waals surface area contributed by atoms with Gasteiger partial charge in [0, 0.05) is 13.1 Å². The minimum atomic E-state index is -0.693. The van der Waals surface area contributed by atoms with Crippen molar-refractivity contribution in [3.8, 4) is 0 Å². The van der Waals surface area contributed by atoms with Crippen molar-refractivity contribution < 1.29 is 4.79 Å². The Bertz CT molecular complexity index is 158. The molecular weight excluding hydrogens is 180 g/mol. The topological polar surface area (TPSA) is 82.2 Å². The zero-order chi connectivity index (χ0) is 8.85. The van der Waals surface area contributed by atoms with Crippen LogP contribution in [-0.4, -0.2) is 30.0 Å². The first-order chi connectivity index (χ1) is 5.11. The van der Waals surface area contributed by atoms with Crippen molar-refractivity contribution in [3.05, 3.63) is 0 Å². The van der Waals surface area contributed by atoms with Crippen molar-refractivity contribution in [2.24, 2.45) is 5.73 Å². The molecule has 0 unspecified atom stereocenters. The van der Waals surface area contributed by atoms with Gasteiger partial charge < -0.3 is 10.6 Å². The minimum absolute atomic E-state index is 0. The van der Waals surface area contributed by atoms with Gasteiger partial charge in [0.15, 0.2) is 5.96 Å². The van der Waals surface area contributed by atoms with Gasteiger partial charge in [-0.2, -0.15) is 0 Å². The fraction of sp³-hybridized carbons (Fsp3) is 0.667. The molecule has 0 aromatic heterocycles. The number of nitrogens with two attached hydrogens (primary N) is 1. The number of carbonyl (C=O) groups is 1. The number of hydrogen-bond donors (Lipinski definition) is 3. The molecule has 0 fully saturated rings. The average Bonchev–Trinajstić information content (AvgIpc) is 1.88. The van der Waals surface area contributed by atoms with Gasteiger partial charge >= 0.3 is 6.03 Å². The molecule has 0 rings (SSSR count). The highest BCUT2D eigenvalue weighted by molar-refractivity contribution is 5.93. The summed E-state index contributed by atoms with van der Waals surface area (Å²) in [6, 6.07) is -0.693. The van der Waals surface area contributed by atoms with Gasteiger partial charge in [-0.05, 0) is 13.8 Å². The molecule has 0 heterocycles. The third kappa shape index (κ3) is 4.79. The van der Waals surface area contributed by atoms with E-state index in [1.165, 1.54) is 0 Å². The summed E-state index contributed by atoms with van der Waals surface area (Å²) >= 11 is 0. The predicted molar refractivity (Wildman–Crippen MR) is 50.6 cm³/mol. The molecule has 12 heavy (non-hydrogen) atoms. The van der Waals surface area contributed by atoms with Gasteiger partial charge in [-0.25, -0.2) is 4.79 Å². The van der Waals surface area contributed by atoms with E-state index in [4.69, 9.17) is 11.1 Å². The quantitative estimate of drug-likeness (QED) is 0.438. The van der Waals surface area contributed by atoms with Crippen LogP contribution in [0.15, 0.2) is 0 Å². The smallest absolute Gasteiger partial charge is 0.318 e. The Kier molecular flexibility index (Phi) is 7.62. The summed E-state index contributed by atoms with van der Waals surface area (Å²) < 4.78 is 0. The van der Waals surface area contributed by atoms with E-state index in [2.05, 4.69) is 5.32 Å². The first-order valence-corrected chi connectivity index (χ1v) is 3.51. The maximum absolute atomic E-state index is 10.3. The molecular formula is C6H15ClN4O. The summed E-state index contributed by atoms with van der Waals surface area (Å²) in [6.45, 7) is 5.19. The number of urea groups is 1. The zero-order valence-corrected chi connectivity index (χ0v) is 8.07. The average molecular weight is 195 g/mol. The largest absolute Gasteiger partial charge is 0.351 e. The monoisotopic (exact) mass is 194 g/mol. The lowest BCUT2D eigenvalue weighted by molar-refractivity contribution is 0.251. The van der Waals surface area contributed by atoms with E-state index in [1.807, 2.05) is 13.8 Å². The van der Waals surface area contributed by atoms with E-state index in [0.717, 1.165) is 0 Å². The fourth-order valence-electron chi connectivity index (χ4n) is 0.736. The highest BCUT2D eigenvalue weighted by atomic mass is 35.5. The standard InChI is InChI=1S/C6H14N4O.ClH/c1-3-10(4-2)5(7)9-6(8)11;/h3-4H2,1-2H3,(H4,7,8,9,11);1H. The first kappa shape index (κ1) is 13.6. The van der Waals surface area contributed by atoms with E-state index < -0.39 is 6.03 Å². The lowest BCUT2D eigenvalue weighted by Gasteiger charge is -2.20. The molecule has 0 bridgehead atoms. The summed E-state index contributed by atoms with van der Waals surface area (Å²) in [7, 11) is 0. The summed E-state index contributed by atoms with van der Waals surface area (Å²) in [6.07, 6.45) is 0. The highest BCUT2D eigenvalue weighted by Crippen LogP contribution is 1.84. The second kappa shape index (κ2) is 6.72. The normalized spacial score (nSPS) is 8.17. The number of rotatable bonds is 2. The van der Waals surface area contributed by atoms with Crippen LogP contribution >= 0.6 is 12.4 Å². The van der Waals surface area contributed by atoms with Gasteiger partial charge in [-0.15, -0.1) is 12.4 Å². The number of amides is 2. The number of halogens is 1. The van der Waals surface area contributed by atoms with Crippen LogP contribution in [0.25, 0.3) is 0 Å². The lowest BCUT2D eigenvalue weighted by Crippen LogP contribution is -2.45. The Morgan fingerprint density at radius 1 is 1.50 bits per heavy atom. The molecule has 4 N–H and O–H groups in total. The van der Waals surface area contributed by atoms with Crippen LogP contribution in [0.3, 0.4) is 0 Å². The van der Waals surface area contributed by atoms with Gasteiger partial charge in [0.2, 0.25) is 0 Å². The van der Waals surface area contributed by atoms with Crippen LogP contribution in [0.1, 0.15) is 13.8 Å². The highest BCUT2D eigenvalue weighted by Gasteiger charge is 2.05. The molecule has 0 aromatic rings. The van der Waals surface area contributed by atoms with Crippen molar-refractivity contribution in [2.45, 2.75) is 13.8 Å². The Labute approximate surface area is 78.2 Å². The molecule has 5 nitrogen and oxygen atoms in total. The molecule has 0 saturated carbocycles. The predicted octanol–water partition coefficient (Wildman–Crippen LogP) is 0.353. The third-order valence-electron chi connectivity index (χ3n) is 1.32. The molecule has 0 aliphatic carbocycles. The lowest BCUT2D eigenvalue weighted by atomic mass is 10.5. The second-order valence-electron chi connectivity index (χ2n) is 2.01. The zero-order valence-electron chi connectivity index (χ0n) is 7.26. The van der Waals surface area contributed by atoms with Crippen LogP contribution in [0.5, 0.6) is 0 Å². The number of nitrogens with zero attached hydrogens (tertiary/aromatic N) is 1. The van der Waals surface area contributed by atoms with Crippen molar-refractivity contribution in [1.29, 1.82) is 5.41 Å². The molecule has 0 aromatic carbocycles. The molecule has 0 aliphatic heterocycles. The van der Waals surface area contributed by atoms with Crippen LogP contribution in [0.4, 0.5) is 4.79 Å². The van der Waals surface area contributed by atoms with Crippen molar-refractivity contribution >= 4 is 24.4 Å². The van der Waals surface area contributed by atoms with E-state index in [9.17, 15) is 4.79 Å². The summed E-state index contributed by atoms with van der Waals surface area (Å²) in [5.41, 5.74) is 4.82. The Morgan fingerprint density at radius 2 is 1.92 bits per heavy atom. The van der Waals surface area contributed by atoms with E-state index in [1.54, 1.807) is 4.90 Å². The third-order valence-corrected chi connectivity index (χ3v) is 1.32. The molecule has 0 radical (unpaired) electrons. The van der Waals surface area contributed by atoms with E-state index >= 15 is 0 Å². The van der Waals surface area contributed by atoms with Crippen LogP contribution in [-0.2, 0) is 0 Å². The Balaban J connectivity index is 0. The molecule has 2 amide bonds. The van der Waals surface area contributed by atoms with Crippen LogP contribution in [0.2, 0.25) is 0 Å². The number of primary amides is 1. The van der Waals surface area contributed by atoms with Crippen molar-refractivity contribution in [1.82, 2.24) is 10.2 Å². The number of nitrogens with one attached hydrogen (secondary N) is 2. The minimum Gasteiger partial charge on any atom is -0.351 e. The van der Waals surface area contributed by atoms with Crippen molar-refractivity contribution in [3.63, 3.8) is 0 Å². The van der Waals surface area contributed by atoms with Gasteiger partial charge in [0.25, 0.3) is 0 Å². The van der Waals surface area contributed by atoms with Gasteiger partial charge in [0.1, 0.15) is 0 Å². The van der Waals surface area contributed by atoms with Crippen LogP contribution < -0.4 is 11.1 Å². The van der Waals surface area contributed by atoms with E-state index in [-0.39, 0.29) is 18.4 Å².